The molecule has 0 radical (unpaired) electrons. The van der Waals surface area contributed by atoms with E-state index in [-0.39, 0.29) is 11.6 Å². The number of quaternary nitrogens is 1. The normalized spacial score (nSPS) is 25.6. The second-order valence-corrected chi connectivity index (χ2v) is 11.3. The monoisotopic (exact) mass is 524 g/mol. The summed E-state index contributed by atoms with van der Waals surface area (Å²) < 4.78 is 13.5. The zero-order chi connectivity index (χ0) is 27.3. The average Bonchev–Trinajstić information content (AvgIpc) is 2.91. The molecule has 9 nitrogen and oxygen atoms in total. The summed E-state index contributed by atoms with van der Waals surface area (Å²) in [6.45, 7) is 6.83. The molecule has 0 bridgehead atoms. The molecular formula is C28H41BN4O5. The number of benzene rings is 1. The lowest BCUT2D eigenvalue weighted by Crippen LogP contribution is -2.82. The topological polar surface area (TPSA) is 110 Å². The maximum Gasteiger partial charge on any atom is 0.493 e. The first kappa shape index (κ1) is 28.2. The van der Waals surface area contributed by atoms with Crippen molar-refractivity contribution in [2.45, 2.75) is 58.1 Å². The van der Waals surface area contributed by atoms with Crippen LogP contribution in [0.1, 0.15) is 50.5 Å². The number of aliphatic hydroxyl groups excluding tert-OH is 1. The zero-order valence-electron chi connectivity index (χ0n) is 22.9. The average molecular weight is 524 g/mol. The van der Waals surface area contributed by atoms with Crippen molar-refractivity contribution in [2.24, 2.45) is 5.92 Å². The highest BCUT2D eigenvalue weighted by atomic mass is 16.6. The minimum Gasteiger partial charge on any atom is -0.512 e. The molecule has 0 spiro atoms. The lowest BCUT2D eigenvalue weighted by atomic mass is 9.54. The number of hydrogen-bond acceptors (Lipinski definition) is 6. The lowest BCUT2D eigenvalue weighted by molar-refractivity contribution is -0.842. The highest BCUT2D eigenvalue weighted by molar-refractivity contribution is 6.62. The van der Waals surface area contributed by atoms with E-state index in [2.05, 4.69) is 36.5 Å². The molecule has 38 heavy (non-hydrogen) atoms. The molecule has 2 amide bonds. The summed E-state index contributed by atoms with van der Waals surface area (Å²) in [4.78, 5) is 31.3. The number of carbonyl (C=O) groups is 2. The van der Waals surface area contributed by atoms with Gasteiger partial charge in [0.25, 0.3) is 5.91 Å². The van der Waals surface area contributed by atoms with Gasteiger partial charge >= 0.3 is 6.69 Å². The number of nitrogens with one attached hydrogen (secondary N) is 2. The molecular weight excluding hydrogens is 483 g/mol. The van der Waals surface area contributed by atoms with E-state index >= 15 is 0 Å². The summed E-state index contributed by atoms with van der Waals surface area (Å²) in [5.41, 5.74) is 1.70. The number of pyridine rings is 1. The van der Waals surface area contributed by atoms with E-state index in [0.717, 1.165) is 31.5 Å². The maximum atomic E-state index is 13.6. The summed E-state index contributed by atoms with van der Waals surface area (Å²) in [6, 6.07) is 13.6. The largest absolute Gasteiger partial charge is 0.512 e. The van der Waals surface area contributed by atoms with Gasteiger partial charge in [0.1, 0.15) is 11.7 Å². The molecule has 0 saturated carbocycles. The third-order valence-corrected chi connectivity index (χ3v) is 7.87. The first-order valence-corrected chi connectivity index (χ1v) is 13.7. The third-order valence-electron chi connectivity index (χ3n) is 7.87. The second kappa shape index (κ2) is 11.9. The van der Waals surface area contributed by atoms with Crippen LogP contribution in [0, 0.1) is 5.92 Å². The maximum absolute atomic E-state index is 13.6. The van der Waals surface area contributed by atoms with Crippen LogP contribution in [-0.2, 0) is 14.1 Å². The van der Waals surface area contributed by atoms with E-state index < -0.39 is 36.6 Å². The van der Waals surface area contributed by atoms with Crippen LogP contribution in [-0.4, -0.2) is 84.4 Å². The van der Waals surface area contributed by atoms with Gasteiger partial charge in [0.2, 0.25) is 5.91 Å². The van der Waals surface area contributed by atoms with Crippen LogP contribution in [0.4, 0.5) is 0 Å². The van der Waals surface area contributed by atoms with Gasteiger partial charge in [-0.2, -0.15) is 0 Å². The Bertz CT molecular complexity index is 1100. The van der Waals surface area contributed by atoms with Crippen LogP contribution >= 0.6 is 0 Å². The summed E-state index contributed by atoms with van der Waals surface area (Å²) in [5.74, 6) is -1.13. The standard InChI is InChI=1S/C28H41BN4O5/c1-20(2)19-25(29-33(4,15-9-17-37-29)16-10-18-38-29)31-28(36)26(21(3)34)32-27(35)24-14-8-13-23(30-24)22-11-6-5-7-12-22/h5-8,11-14,20-21,25-26,34H,9-10,15-19H2,1-4H3,(H,31,36)(H,32,35)/t21-,25+,26+,29?,33?/m1/s1. The van der Waals surface area contributed by atoms with E-state index in [9.17, 15) is 14.7 Å². The van der Waals surface area contributed by atoms with Gasteiger partial charge in [0.05, 0.1) is 11.8 Å². The molecule has 206 valence electrons. The van der Waals surface area contributed by atoms with Crippen molar-refractivity contribution in [2.75, 3.05) is 33.4 Å². The molecule has 0 aliphatic carbocycles. The number of nitrogens with zero attached hydrogens (tertiary/aromatic N) is 2. The molecule has 1 aromatic carbocycles. The molecule has 4 rings (SSSR count). The molecule has 2 aliphatic heterocycles. The van der Waals surface area contributed by atoms with Gasteiger partial charge in [-0.1, -0.05) is 56.7 Å². The molecule has 10 heteroatoms. The van der Waals surface area contributed by atoms with E-state index in [0.29, 0.717) is 29.7 Å². The fourth-order valence-electron chi connectivity index (χ4n) is 5.97. The minimum absolute atomic E-state index is 0.168. The number of amides is 2. The Morgan fingerprint density at radius 3 is 2.26 bits per heavy atom. The number of aromatic nitrogens is 1. The van der Waals surface area contributed by atoms with Crippen LogP contribution in [0.3, 0.4) is 0 Å². The van der Waals surface area contributed by atoms with Gasteiger partial charge in [0, 0.05) is 57.7 Å². The van der Waals surface area contributed by atoms with Crippen LogP contribution < -0.4 is 10.6 Å². The first-order chi connectivity index (χ1) is 18.1. The summed E-state index contributed by atoms with van der Waals surface area (Å²) in [5, 5.41) is 16.4. The fourth-order valence-corrected chi connectivity index (χ4v) is 5.97. The summed E-state index contributed by atoms with van der Waals surface area (Å²) in [6.07, 6.45) is 1.40. The Kier molecular flexibility index (Phi) is 8.87. The molecule has 2 aliphatic rings. The van der Waals surface area contributed by atoms with E-state index in [1.807, 2.05) is 36.4 Å². The Morgan fingerprint density at radius 2 is 1.66 bits per heavy atom. The number of fused-ring (bicyclic) bond motifs is 1. The number of hydrogen-bond donors (Lipinski definition) is 3. The van der Waals surface area contributed by atoms with Crippen molar-refractivity contribution in [3.63, 3.8) is 0 Å². The molecule has 3 N–H and O–H groups in total. The quantitative estimate of drug-likeness (QED) is 0.435. The molecule has 0 unspecified atom stereocenters. The van der Waals surface area contributed by atoms with Crippen molar-refractivity contribution in [1.82, 2.24) is 15.6 Å². The Morgan fingerprint density at radius 1 is 1.00 bits per heavy atom. The fraction of sp³-hybridized carbons (Fsp3) is 0.536. The van der Waals surface area contributed by atoms with Gasteiger partial charge in [-0.15, -0.1) is 0 Å². The first-order valence-electron chi connectivity index (χ1n) is 13.7. The smallest absolute Gasteiger partial charge is 0.493 e. The predicted octanol–water partition coefficient (Wildman–Crippen LogP) is 2.52. The van der Waals surface area contributed by atoms with Gasteiger partial charge in [0.15, 0.2) is 0 Å². The van der Waals surface area contributed by atoms with Crippen molar-refractivity contribution >= 4 is 18.5 Å². The Hall–Kier alpha value is -2.79. The number of carbonyl (C=O) groups excluding carboxylic acids is 2. The van der Waals surface area contributed by atoms with Crippen molar-refractivity contribution in [3.05, 3.63) is 54.2 Å². The second-order valence-electron chi connectivity index (χ2n) is 11.3. The molecule has 2 aromatic rings. The van der Waals surface area contributed by atoms with Gasteiger partial charge in [-0.25, -0.2) is 4.98 Å². The van der Waals surface area contributed by atoms with Crippen molar-refractivity contribution < 1.29 is 28.4 Å². The van der Waals surface area contributed by atoms with Crippen molar-refractivity contribution in [1.29, 1.82) is 0 Å². The van der Waals surface area contributed by atoms with Crippen LogP contribution in [0.25, 0.3) is 11.3 Å². The molecule has 2 fully saturated rings. The zero-order valence-corrected chi connectivity index (χ0v) is 22.9. The molecule has 3 heterocycles. The molecule has 1 aromatic heterocycles. The predicted molar refractivity (Wildman–Crippen MR) is 147 cm³/mol. The SMILES string of the molecule is CC(C)C[C@H](NC(=O)[C@@H](NC(=O)c1cccc(-c2ccccc2)n1)[C@@H](C)O)[B-]12OCCC[N+]1(C)CCCO2. The molecule has 2 saturated heterocycles. The van der Waals surface area contributed by atoms with Gasteiger partial charge in [-0.3, -0.25) is 9.59 Å². The van der Waals surface area contributed by atoms with E-state index in [1.165, 1.54) is 6.92 Å². The van der Waals surface area contributed by atoms with Crippen LogP contribution in [0.2, 0.25) is 0 Å². The summed E-state index contributed by atoms with van der Waals surface area (Å²) >= 11 is 0. The van der Waals surface area contributed by atoms with Gasteiger partial charge in [-0.05, 0) is 25.0 Å². The highest BCUT2D eigenvalue weighted by Gasteiger charge is 2.58. The summed E-state index contributed by atoms with van der Waals surface area (Å²) in [7, 11) is 2.15. The highest BCUT2D eigenvalue weighted by Crippen LogP contribution is 2.35. The third kappa shape index (κ3) is 5.93. The number of aliphatic hydroxyl groups is 1. The van der Waals surface area contributed by atoms with Crippen LogP contribution in [0.15, 0.2) is 48.5 Å². The van der Waals surface area contributed by atoms with Crippen LogP contribution in [0.5, 0.6) is 0 Å². The van der Waals surface area contributed by atoms with Gasteiger partial charge < -0.3 is 29.4 Å². The Labute approximate surface area is 225 Å². The van der Waals surface area contributed by atoms with E-state index in [4.69, 9.17) is 9.31 Å². The number of rotatable bonds is 9. The lowest BCUT2D eigenvalue weighted by Gasteiger charge is -2.64. The minimum atomic E-state index is -1.86. The Balaban J connectivity index is 1.54. The molecule has 3 atom stereocenters. The van der Waals surface area contributed by atoms with E-state index in [1.54, 1.807) is 12.1 Å². The van der Waals surface area contributed by atoms with Crippen molar-refractivity contribution in [3.8, 4) is 11.3 Å².